The van der Waals surface area contributed by atoms with Crippen LogP contribution in [0.4, 0.5) is 0 Å². The van der Waals surface area contributed by atoms with Crippen molar-refractivity contribution in [1.82, 2.24) is 4.90 Å². The summed E-state index contributed by atoms with van der Waals surface area (Å²) < 4.78 is 29.4. The molecule has 1 amide bonds. The van der Waals surface area contributed by atoms with Gasteiger partial charge in [0.25, 0.3) is 0 Å². The molecule has 2 rings (SSSR count). The molecule has 0 N–H and O–H groups in total. The Morgan fingerprint density at radius 2 is 1.79 bits per heavy atom. The Morgan fingerprint density at radius 3 is 2.38 bits per heavy atom. The third-order valence-corrected chi connectivity index (χ3v) is 5.89. The van der Waals surface area contributed by atoms with Gasteiger partial charge in [0.1, 0.15) is 0 Å². The topological polar surface area (TPSA) is 80.8 Å². The van der Waals surface area contributed by atoms with Crippen LogP contribution < -0.4 is 0 Å². The van der Waals surface area contributed by atoms with Gasteiger partial charge in [-0.15, -0.1) is 0 Å². The summed E-state index contributed by atoms with van der Waals surface area (Å²) in [6.07, 6.45) is 1.09. The predicted octanol–water partition coefficient (Wildman–Crippen LogP) is 1.65. The van der Waals surface area contributed by atoms with Crippen LogP contribution in [0, 0.1) is 5.92 Å². The SMILES string of the molecule is CCOC(=O)C1CCN(C(=O)CCS(=O)(=O)c2ccccc2)CC1. The third kappa shape index (κ3) is 4.80. The highest BCUT2D eigenvalue weighted by Gasteiger charge is 2.28. The number of carbonyl (C=O) groups is 2. The van der Waals surface area contributed by atoms with Gasteiger partial charge in [-0.25, -0.2) is 8.42 Å². The van der Waals surface area contributed by atoms with Crippen molar-refractivity contribution in [1.29, 1.82) is 0 Å². The lowest BCUT2D eigenvalue weighted by molar-refractivity contribution is -0.151. The van der Waals surface area contributed by atoms with Crippen LogP contribution >= 0.6 is 0 Å². The van der Waals surface area contributed by atoms with Crippen molar-refractivity contribution in [2.75, 3.05) is 25.4 Å². The zero-order chi connectivity index (χ0) is 17.6. The zero-order valence-corrected chi connectivity index (χ0v) is 14.6. The van der Waals surface area contributed by atoms with E-state index in [1.807, 2.05) is 0 Å². The van der Waals surface area contributed by atoms with Crippen LogP contribution in [0.5, 0.6) is 0 Å². The molecule has 6 nitrogen and oxygen atoms in total. The van der Waals surface area contributed by atoms with Gasteiger partial charge in [0.15, 0.2) is 9.84 Å². The van der Waals surface area contributed by atoms with Crippen LogP contribution in [0.2, 0.25) is 0 Å². The van der Waals surface area contributed by atoms with Crippen molar-refractivity contribution >= 4 is 21.7 Å². The molecule has 1 aliphatic heterocycles. The van der Waals surface area contributed by atoms with Gasteiger partial charge in [-0.3, -0.25) is 9.59 Å². The summed E-state index contributed by atoms with van der Waals surface area (Å²) in [7, 11) is -3.45. The van der Waals surface area contributed by atoms with Crippen LogP contribution in [0.1, 0.15) is 26.2 Å². The van der Waals surface area contributed by atoms with Gasteiger partial charge in [-0.1, -0.05) is 18.2 Å². The van der Waals surface area contributed by atoms with E-state index < -0.39 is 9.84 Å². The Kier molecular flexibility index (Phi) is 6.36. The molecule has 0 unspecified atom stereocenters. The van der Waals surface area contributed by atoms with Crippen molar-refractivity contribution in [3.63, 3.8) is 0 Å². The summed E-state index contributed by atoms with van der Waals surface area (Å²) >= 11 is 0. The number of piperidine rings is 1. The molecule has 1 saturated heterocycles. The molecule has 24 heavy (non-hydrogen) atoms. The second-order valence-corrected chi connectivity index (χ2v) is 7.90. The lowest BCUT2D eigenvalue weighted by Gasteiger charge is -2.30. The van der Waals surface area contributed by atoms with Crippen molar-refractivity contribution in [3.05, 3.63) is 30.3 Å². The second kappa shape index (κ2) is 8.28. The van der Waals surface area contributed by atoms with Crippen molar-refractivity contribution in [2.45, 2.75) is 31.1 Å². The summed E-state index contributed by atoms with van der Waals surface area (Å²) in [5, 5.41) is 0. The van der Waals surface area contributed by atoms with Crippen LogP contribution in [-0.2, 0) is 24.2 Å². The maximum absolute atomic E-state index is 12.2. The molecule has 1 heterocycles. The minimum Gasteiger partial charge on any atom is -0.466 e. The van der Waals surface area contributed by atoms with Crippen molar-refractivity contribution in [3.8, 4) is 0 Å². The summed E-state index contributed by atoms with van der Waals surface area (Å²) in [5.41, 5.74) is 0. The Hall–Kier alpha value is -1.89. The number of ether oxygens (including phenoxy) is 1. The van der Waals surface area contributed by atoms with Gasteiger partial charge >= 0.3 is 5.97 Å². The molecule has 0 aromatic heterocycles. The molecule has 7 heteroatoms. The van der Waals surface area contributed by atoms with E-state index >= 15 is 0 Å². The first-order valence-corrected chi connectivity index (χ1v) is 9.81. The number of benzene rings is 1. The standard InChI is InChI=1S/C17H23NO5S/c1-2-23-17(20)14-8-11-18(12-9-14)16(19)10-13-24(21,22)15-6-4-3-5-7-15/h3-7,14H,2,8-13H2,1H3. The molecule has 0 bridgehead atoms. The first-order valence-electron chi connectivity index (χ1n) is 8.16. The predicted molar refractivity (Wildman–Crippen MR) is 89.0 cm³/mol. The number of nitrogens with zero attached hydrogens (tertiary/aromatic N) is 1. The van der Waals surface area contributed by atoms with Crippen LogP contribution in [0.3, 0.4) is 0 Å². The highest BCUT2D eigenvalue weighted by Crippen LogP contribution is 2.20. The fraction of sp³-hybridized carbons (Fsp3) is 0.529. The first kappa shape index (κ1) is 18.4. The number of likely N-dealkylation sites (tertiary alicyclic amines) is 1. The van der Waals surface area contributed by atoms with Crippen molar-refractivity contribution < 1.29 is 22.7 Å². The third-order valence-electron chi connectivity index (χ3n) is 4.15. The van der Waals surface area contributed by atoms with Gasteiger partial charge < -0.3 is 9.64 Å². The number of amides is 1. The van der Waals surface area contributed by atoms with Crippen LogP contribution in [0.15, 0.2) is 35.2 Å². The fourth-order valence-corrected chi connectivity index (χ4v) is 4.00. The number of hydrogen-bond donors (Lipinski definition) is 0. The highest BCUT2D eigenvalue weighted by molar-refractivity contribution is 7.91. The van der Waals surface area contributed by atoms with E-state index in [9.17, 15) is 18.0 Å². The van der Waals surface area contributed by atoms with Gasteiger partial charge in [0.05, 0.1) is 23.2 Å². The molecule has 1 fully saturated rings. The fourth-order valence-electron chi connectivity index (χ4n) is 2.75. The van der Waals surface area contributed by atoms with Crippen LogP contribution in [0.25, 0.3) is 0 Å². The molecule has 1 aromatic carbocycles. The average Bonchev–Trinajstić information content (AvgIpc) is 2.61. The van der Waals surface area contributed by atoms with Gasteiger partial charge in [-0.2, -0.15) is 0 Å². The smallest absolute Gasteiger partial charge is 0.309 e. The van der Waals surface area contributed by atoms with Crippen molar-refractivity contribution in [2.24, 2.45) is 5.92 Å². The number of sulfone groups is 1. The minimum atomic E-state index is -3.45. The number of carbonyl (C=O) groups excluding carboxylic acids is 2. The lowest BCUT2D eigenvalue weighted by Crippen LogP contribution is -2.41. The van der Waals surface area contributed by atoms with E-state index in [0.717, 1.165) is 0 Å². The lowest BCUT2D eigenvalue weighted by atomic mass is 9.97. The molecule has 0 radical (unpaired) electrons. The van der Waals surface area contributed by atoms with E-state index in [2.05, 4.69) is 0 Å². The zero-order valence-electron chi connectivity index (χ0n) is 13.8. The molecule has 0 aliphatic carbocycles. The summed E-state index contributed by atoms with van der Waals surface area (Å²) in [4.78, 5) is 25.8. The molecular formula is C17H23NO5S. The van der Waals surface area contributed by atoms with E-state index in [1.54, 1.807) is 30.0 Å². The van der Waals surface area contributed by atoms with E-state index in [-0.39, 0.29) is 34.9 Å². The van der Waals surface area contributed by atoms with E-state index in [1.165, 1.54) is 12.1 Å². The number of rotatable bonds is 6. The summed E-state index contributed by atoms with van der Waals surface area (Å²) in [5.74, 6) is -0.761. The average molecular weight is 353 g/mol. The second-order valence-electron chi connectivity index (χ2n) is 5.79. The molecule has 1 aromatic rings. The molecular weight excluding hydrogens is 330 g/mol. The van der Waals surface area contributed by atoms with E-state index in [0.29, 0.717) is 32.5 Å². The number of esters is 1. The highest BCUT2D eigenvalue weighted by atomic mass is 32.2. The summed E-state index contributed by atoms with van der Waals surface area (Å²) in [6.45, 7) is 3.06. The molecule has 1 aliphatic rings. The monoisotopic (exact) mass is 353 g/mol. The minimum absolute atomic E-state index is 0.0404. The van der Waals surface area contributed by atoms with Crippen LogP contribution in [-0.4, -0.2) is 50.6 Å². The summed E-state index contributed by atoms with van der Waals surface area (Å²) in [6, 6.07) is 8.14. The molecule has 0 spiro atoms. The Bertz CT molecular complexity index is 663. The van der Waals surface area contributed by atoms with Gasteiger partial charge in [-0.05, 0) is 31.9 Å². The molecule has 0 atom stereocenters. The Labute approximate surface area is 142 Å². The normalized spacial score (nSPS) is 16.0. The van der Waals surface area contributed by atoms with E-state index in [4.69, 9.17) is 4.74 Å². The molecule has 132 valence electrons. The Balaban J connectivity index is 1.83. The maximum Gasteiger partial charge on any atom is 0.309 e. The quantitative estimate of drug-likeness (QED) is 0.727. The maximum atomic E-state index is 12.2. The van der Waals surface area contributed by atoms with Gasteiger partial charge in [0.2, 0.25) is 5.91 Å². The molecule has 0 saturated carbocycles. The Morgan fingerprint density at radius 1 is 1.17 bits per heavy atom. The largest absolute Gasteiger partial charge is 0.466 e. The van der Waals surface area contributed by atoms with Gasteiger partial charge in [0, 0.05) is 19.5 Å². The first-order chi connectivity index (χ1) is 11.4. The number of hydrogen-bond acceptors (Lipinski definition) is 5.